The first kappa shape index (κ1) is 15.5. The van der Waals surface area contributed by atoms with Crippen LogP contribution in [0.3, 0.4) is 0 Å². The molecule has 0 saturated heterocycles. The van der Waals surface area contributed by atoms with Crippen molar-refractivity contribution >= 4 is 5.78 Å². The van der Waals surface area contributed by atoms with Crippen molar-refractivity contribution in [2.24, 2.45) is 0 Å². The highest BCUT2D eigenvalue weighted by molar-refractivity contribution is 5.95. The average molecular weight is 250 g/mol. The fourth-order valence-electron chi connectivity index (χ4n) is 2.68. The summed E-state index contributed by atoms with van der Waals surface area (Å²) in [5.41, 5.74) is 1.12. The van der Waals surface area contributed by atoms with E-state index in [4.69, 9.17) is 0 Å². The predicted octanol–water partition coefficient (Wildman–Crippen LogP) is 5.59. The number of Topliss-reactive ketones (excluding diaryl/α,β-unsaturated/α-hetero) is 1. The molecule has 104 valence electrons. The smallest absolute Gasteiger partial charge is 0.158 e. The maximum absolute atomic E-state index is 11.8. The summed E-state index contributed by atoms with van der Waals surface area (Å²) in [6, 6.07) is 0. The minimum absolute atomic E-state index is 0.426. The third kappa shape index (κ3) is 6.98. The van der Waals surface area contributed by atoms with E-state index >= 15 is 0 Å². The van der Waals surface area contributed by atoms with Crippen LogP contribution in [0, 0.1) is 0 Å². The van der Waals surface area contributed by atoms with Crippen LogP contribution in [0.4, 0.5) is 0 Å². The van der Waals surface area contributed by atoms with E-state index in [-0.39, 0.29) is 0 Å². The number of hydrogen-bond acceptors (Lipinski definition) is 1. The Morgan fingerprint density at radius 3 is 2.17 bits per heavy atom. The molecule has 0 aromatic rings. The van der Waals surface area contributed by atoms with E-state index in [1.54, 1.807) is 0 Å². The molecule has 0 aliphatic heterocycles. The normalized spacial score (nSPS) is 14.8. The predicted molar refractivity (Wildman–Crippen MR) is 78.8 cm³/mol. The molecule has 1 rings (SSSR count). The number of unbranched alkanes of at least 4 members (excludes halogenated alkanes) is 8. The summed E-state index contributed by atoms with van der Waals surface area (Å²) in [4.78, 5) is 11.8. The summed E-state index contributed by atoms with van der Waals surface area (Å²) >= 11 is 0. The van der Waals surface area contributed by atoms with Crippen LogP contribution in [-0.4, -0.2) is 5.78 Å². The van der Waals surface area contributed by atoms with Gasteiger partial charge in [0.1, 0.15) is 0 Å². The molecule has 0 spiro atoms. The van der Waals surface area contributed by atoms with Gasteiger partial charge in [0.25, 0.3) is 0 Å². The Hall–Kier alpha value is -0.590. The van der Waals surface area contributed by atoms with Crippen LogP contribution in [-0.2, 0) is 4.79 Å². The Balaban J connectivity index is 1.85. The Labute approximate surface area is 113 Å². The zero-order chi connectivity index (χ0) is 13.1. The third-order valence-electron chi connectivity index (χ3n) is 3.91. The highest BCUT2D eigenvalue weighted by Gasteiger charge is 2.12. The number of ketones is 1. The SMILES string of the molecule is CCCCCCCCCCCC(=O)C1=CCCC1. The zero-order valence-electron chi connectivity index (χ0n) is 12.2. The number of allylic oxidation sites excluding steroid dienone is 2. The van der Waals surface area contributed by atoms with Gasteiger partial charge in [0.15, 0.2) is 5.78 Å². The first-order valence-corrected chi connectivity index (χ1v) is 8.07. The molecule has 0 heterocycles. The Morgan fingerprint density at radius 2 is 1.61 bits per heavy atom. The van der Waals surface area contributed by atoms with Crippen LogP contribution in [0.25, 0.3) is 0 Å². The summed E-state index contributed by atoms with van der Waals surface area (Å²) in [6.07, 6.45) is 18.2. The van der Waals surface area contributed by atoms with E-state index in [0.717, 1.165) is 31.3 Å². The van der Waals surface area contributed by atoms with Gasteiger partial charge in [-0.3, -0.25) is 4.79 Å². The molecule has 0 fully saturated rings. The Morgan fingerprint density at radius 1 is 1.00 bits per heavy atom. The van der Waals surface area contributed by atoms with Crippen molar-refractivity contribution in [3.8, 4) is 0 Å². The van der Waals surface area contributed by atoms with Crippen molar-refractivity contribution < 1.29 is 4.79 Å². The second-order valence-electron chi connectivity index (χ2n) is 5.62. The second kappa shape index (κ2) is 10.3. The topological polar surface area (TPSA) is 17.1 Å². The molecule has 0 saturated carbocycles. The van der Waals surface area contributed by atoms with Crippen molar-refractivity contribution in [1.82, 2.24) is 0 Å². The van der Waals surface area contributed by atoms with Gasteiger partial charge in [-0.05, 0) is 31.3 Å². The van der Waals surface area contributed by atoms with Crippen LogP contribution in [0.15, 0.2) is 11.6 Å². The van der Waals surface area contributed by atoms with Gasteiger partial charge in [0.2, 0.25) is 0 Å². The van der Waals surface area contributed by atoms with Gasteiger partial charge in [0.05, 0.1) is 0 Å². The molecule has 0 aromatic carbocycles. The van der Waals surface area contributed by atoms with Crippen molar-refractivity contribution in [1.29, 1.82) is 0 Å². The largest absolute Gasteiger partial charge is 0.295 e. The van der Waals surface area contributed by atoms with Crippen LogP contribution < -0.4 is 0 Å². The van der Waals surface area contributed by atoms with Crippen LogP contribution in [0.5, 0.6) is 0 Å². The minimum atomic E-state index is 0.426. The van der Waals surface area contributed by atoms with E-state index in [2.05, 4.69) is 13.0 Å². The lowest BCUT2D eigenvalue weighted by molar-refractivity contribution is -0.115. The molecule has 0 atom stereocenters. The first-order chi connectivity index (χ1) is 8.84. The molecular weight excluding hydrogens is 220 g/mol. The summed E-state index contributed by atoms with van der Waals surface area (Å²) in [7, 11) is 0. The Kier molecular flexibility index (Phi) is 8.89. The van der Waals surface area contributed by atoms with Gasteiger partial charge in [-0.2, -0.15) is 0 Å². The number of rotatable bonds is 11. The van der Waals surface area contributed by atoms with Crippen molar-refractivity contribution in [3.63, 3.8) is 0 Å². The lowest BCUT2D eigenvalue weighted by atomic mass is 10.0. The van der Waals surface area contributed by atoms with Crippen molar-refractivity contribution in [2.75, 3.05) is 0 Å². The fourth-order valence-corrected chi connectivity index (χ4v) is 2.68. The molecular formula is C17H30O. The second-order valence-corrected chi connectivity index (χ2v) is 5.62. The van der Waals surface area contributed by atoms with E-state index in [1.165, 1.54) is 57.8 Å². The standard InChI is InChI=1S/C17H30O/c1-2-3-4-5-6-7-8-9-10-15-17(18)16-13-11-12-14-16/h13H,2-12,14-15H2,1H3. The highest BCUT2D eigenvalue weighted by Crippen LogP contribution is 2.20. The molecule has 0 bridgehead atoms. The van der Waals surface area contributed by atoms with Crippen molar-refractivity contribution in [3.05, 3.63) is 11.6 Å². The monoisotopic (exact) mass is 250 g/mol. The lowest BCUT2D eigenvalue weighted by Crippen LogP contribution is -2.00. The molecule has 18 heavy (non-hydrogen) atoms. The van der Waals surface area contributed by atoms with E-state index in [0.29, 0.717) is 5.78 Å². The van der Waals surface area contributed by atoms with Gasteiger partial charge in [0, 0.05) is 6.42 Å². The summed E-state index contributed by atoms with van der Waals surface area (Å²) in [5.74, 6) is 0.426. The quantitative estimate of drug-likeness (QED) is 0.437. The summed E-state index contributed by atoms with van der Waals surface area (Å²) in [5, 5.41) is 0. The highest BCUT2D eigenvalue weighted by atomic mass is 16.1. The number of hydrogen-bond donors (Lipinski definition) is 0. The van der Waals surface area contributed by atoms with E-state index in [9.17, 15) is 4.79 Å². The molecule has 0 amide bonds. The molecule has 0 radical (unpaired) electrons. The van der Waals surface area contributed by atoms with Gasteiger partial charge in [-0.1, -0.05) is 64.4 Å². The molecule has 0 N–H and O–H groups in total. The van der Waals surface area contributed by atoms with E-state index in [1.807, 2.05) is 0 Å². The molecule has 1 aliphatic rings. The maximum Gasteiger partial charge on any atom is 0.158 e. The minimum Gasteiger partial charge on any atom is -0.295 e. The molecule has 1 heteroatoms. The molecule has 1 nitrogen and oxygen atoms in total. The van der Waals surface area contributed by atoms with Gasteiger partial charge >= 0.3 is 0 Å². The van der Waals surface area contributed by atoms with Gasteiger partial charge in [-0.15, -0.1) is 0 Å². The number of carbonyl (C=O) groups is 1. The lowest BCUT2D eigenvalue weighted by Gasteiger charge is -2.03. The Bertz CT molecular complexity index is 252. The average Bonchev–Trinajstić information content (AvgIpc) is 2.90. The fraction of sp³-hybridized carbons (Fsp3) is 0.824. The van der Waals surface area contributed by atoms with Crippen LogP contribution in [0.2, 0.25) is 0 Å². The van der Waals surface area contributed by atoms with Crippen LogP contribution in [0.1, 0.15) is 90.4 Å². The number of carbonyl (C=O) groups excluding carboxylic acids is 1. The third-order valence-corrected chi connectivity index (χ3v) is 3.91. The van der Waals surface area contributed by atoms with Crippen molar-refractivity contribution in [2.45, 2.75) is 90.4 Å². The maximum atomic E-state index is 11.8. The van der Waals surface area contributed by atoms with Gasteiger partial charge < -0.3 is 0 Å². The summed E-state index contributed by atoms with van der Waals surface area (Å²) in [6.45, 7) is 2.26. The molecule has 0 unspecified atom stereocenters. The summed E-state index contributed by atoms with van der Waals surface area (Å²) < 4.78 is 0. The first-order valence-electron chi connectivity index (χ1n) is 8.07. The van der Waals surface area contributed by atoms with Gasteiger partial charge in [-0.25, -0.2) is 0 Å². The van der Waals surface area contributed by atoms with Crippen LogP contribution >= 0.6 is 0 Å². The zero-order valence-corrected chi connectivity index (χ0v) is 12.2. The molecule has 0 aromatic heterocycles. The molecule has 1 aliphatic carbocycles. The van der Waals surface area contributed by atoms with E-state index < -0.39 is 0 Å².